The number of fused-ring (bicyclic) bond motifs is 1. The van der Waals surface area contributed by atoms with Gasteiger partial charge in [0.1, 0.15) is 11.3 Å². The van der Waals surface area contributed by atoms with Gasteiger partial charge in [-0.15, -0.1) is 0 Å². The summed E-state index contributed by atoms with van der Waals surface area (Å²) in [5.74, 6) is 0.163. The number of benzene rings is 1. The summed E-state index contributed by atoms with van der Waals surface area (Å²) in [7, 11) is 0. The molecule has 1 fully saturated rings. The standard InChI is InChI=1S/C16H19NO3/c1-11-14(18)6-5-13-12(9-15(19)20-16(11)13)10-17-7-3-2-4-8-17/h5-6,9,18H,2-4,7-8,10H2,1H3. The van der Waals surface area contributed by atoms with Gasteiger partial charge in [-0.25, -0.2) is 4.79 Å². The number of hydrogen-bond acceptors (Lipinski definition) is 4. The van der Waals surface area contributed by atoms with Crippen LogP contribution in [0.4, 0.5) is 0 Å². The van der Waals surface area contributed by atoms with Crippen molar-refractivity contribution in [2.45, 2.75) is 32.7 Å². The van der Waals surface area contributed by atoms with E-state index in [1.807, 2.05) is 6.07 Å². The van der Waals surface area contributed by atoms with Crippen LogP contribution in [0.15, 0.2) is 27.4 Å². The maximum atomic E-state index is 11.7. The highest BCUT2D eigenvalue weighted by atomic mass is 16.4. The van der Waals surface area contributed by atoms with Crippen molar-refractivity contribution in [2.75, 3.05) is 13.1 Å². The number of likely N-dealkylation sites (tertiary alicyclic amines) is 1. The first kappa shape index (κ1) is 13.2. The van der Waals surface area contributed by atoms with Crippen molar-refractivity contribution >= 4 is 11.0 Å². The van der Waals surface area contributed by atoms with E-state index < -0.39 is 0 Å². The van der Waals surface area contributed by atoms with Crippen LogP contribution in [0.2, 0.25) is 0 Å². The SMILES string of the molecule is Cc1c(O)ccc2c(CN3CCCCC3)cc(=O)oc12. The van der Waals surface area contributed by atoms with Crippen molar-refractivity contribution in [3.63, 3.8) is 0 Å². The van der Waals surface area contributed by atoms with Gasteiger partial charge < -0.3 is 9.52 Å². The third-order valence-corrected chi connectivity index (χ3v) is 4.06. The average molecular weight is 273 g/mol. The molecule has 1 aromatic carbocycles. The zero-order chi connectivity index (χ0) is 14.1. The minimum atomic E-state index is -0.349. The van der Waals surface area contributed by atoms with E-state index in [2.05, 4.69) is 4.90 Å². The van der Waals surface area contributed by atoms with Crippen LogP contribution in [0.25, 0.3) is 11.0 Å². The topological polar surface area (TPSA) is 53.7 Å². The normalized spacial score (nSPS) is 16.6. The third-order valence-electron chi connectivity index (χ3n) is 4.06. The Kier molecular flexibility index (Phi) is 3.49. The molecule has 0 amide bonds. The molecule has 0 atom stereocenters. The zero-order valence-corrected chi connectivity index (χ0v) is 11.7. The van der Waals surface area contributed by atoms with Gasteiger partial charge in [0.2, 0.25) is 0 Å². The average Bonchev–Trinajstić information content (AvgIpc) is 2.44. The van der Waals surface area contributed by atoms with Gasteiger partial charge in [0.25, 0.3) is 0 Å². The van der Waals surface area contributed by atoms with Crippen LogP contribution in [0.5, 0.6) is 5.75 Å². The smallest absolute Gasteiger partial charge is 0.336 e. The van der Waals surface area contributed by atoms with Gasteiger partial charge in [-0.1, -0.05) is 6.42 Å². The van der Waals surface area contributed by atoms with Crippen molar-refractivity contribution in [1.82, 2.24) is 4.90 Å². The molecule has 1 aliphatic heterocycles. The molecule has 0 bridgehead atoms. The first-order valence-electron chi connectivity index (χ1n) is 7.13. The Morgan fingerprint density at radius 3 is 2.75 bits per heavy atom. The predicted octanol–water partition coefficient (Wildman–Crippen LogP) is 2.79. The van der Waals surface area contributed by atoms with E-state index in [0.29, 0.717) is 11.1 Å². The number of hydrogen-bond donors (Lipinski definition) is 1. The summed E-state index contributed by atoms with van der Waals surface area (Å²) >= 11 is 0. The Morgan fingerprint density at radius 1 is 1.25 bits per heavy atom. The maximum Gasteiger partial charge on any atom is 0.336 e. The number of rotatable bonds is 2. The Labute approximate surface area is 117 Å². The first-order valence-corrected chi connectivity index (χ1v) is 7.13. The quantitative estimate of drug-likeness (QED) is 0.855. The Bertz CT molecular complexity index is 684. The van der Waals surface area contributed by atoms with Gasteiger partial charge in [-0.05, 0) is 50.6 Å². The Hall–Kier alpha value is -1.81. The lowest BCUT2D eigenvalue weighted by molar-refractivity contribution is 0.221. The molecule has 1 aliphatic rings. The Balaban J connectivity index is 2.05. The zero-order valence-electron chi connectivity index (χ0n) is 11.7. The molecule has 4 nitrogen and oxygen atoms in total. The number of phenolic OH excluding ortho intramolecular Hbond substituents is 1. The molecule has 3 rings (SSSR count). The second-order valence-electron chi connectivity index (χ2n) is 5.51. The maximum absolute atomic E-state index is 11.7. The van der Waals surface area contributed by atoms with Crippen LogP contribution in [-0.2, 0) is 6.54 Å². The predicted molar refractivity (Wildman–Crippen MR) is 78.0 cm³/mol. The molecule has 0 radical (unpaired) electrons. The fraction of sp³-hybridized carbons (Fsp3) is 0.438. The molecule has 1 saturated heterocycles. The summed E-state index contributed by atoms with van der Waals surface area (Å²) in [6, 6.07) is 5.07. The van der Waals surface area contributed by atoms with Gasteiger partial charge in [0.15, 0.2) is 0 Å². The van der Waals surface area contributed by atoms with Gasteiger partial charge in [0.05, 0.1) is 0 Å². The van der Waals surface area contributed by atoms with E-state index in [9.17, 15) is 9.90 Å². The molecule has 20 heavy (non-hydrogen) atoms. The number of nitrogens with zero attached hydrogens (tertiary/aromatic N) is 1. The summed E-state index contributed by atoms with van der Waals surface area (Å²) in [4.78, 5) is 14.1. The summed E-state index contributed by atoms with van der Waals surface area (Å²) in [6.07, 6.45) is 3.74. The van der Waals surface area contributed by atoms with E-state index >= 15 is 0 Å². The van der Waals surface area contributed by atoms with E-state index in [4.69, 9.17) is 4.42 Å². The van der Waals surface area contributed by atoms with E-state index in [1.54, 1.807) is 19.1 Å². The molecule has 106 valence electrons. The molecule has 0 unspecified atom stereocenters. The van der Waals surface area contributed by atoms with Crippen LogP contribution >= 0.6 is 0 Å². The largest absolute Gasteiger partial charge is 0.508 e. The van der Waals surface area contributed by atoms with Crippen molar-refractivity contribution in [1.29, 1.82) is 0 Å². The highest BCUT2D eigenvalue weighted by Crippen LogP contribution is 2.28. The number of aryl methyl sites for hydroxylation is 1. The van der Waals surface area contributed by atoms with E-state index in [-0.39, 0.29) is 11.4 Å². The van der Waals surface area contributed by atoms with Crippen molar-refractivity contribution in [2.24, 2.45) is 0 Å². The highest BCUT2D eigenvalue weighted by molar-refractivity contribution is 5.84. The molecular weight excluding hydrogens is 254 g/mol. The lowest BCUT2D eigenvalue weighted by Crippen LogP contribution is -2.29. The van der Waals surface area contributed by atoms with Crippen LogP contribution in [0.3, 0.4) is 0 Å². The van der Waals surface area contributed by atoms with E-state index in [1.165, 1.54) is 19.3 Å². The molecule has 1 aromatic heterocycles. The summed E-state index contributed by atoms with van der Waals surface area (Å²) in [6.45, 7) is 4.70. The Morgan fingerprint density at radius 2 is 2.00 bits per heavy atom. The van der Waals surface area contributed by atoms with Crippen LogP contribution in [-0.4, -0.2) is 23.1 Å². The molecule has 0 spiro atoms. The van der Waals surface area contributed by atoms with E-state index in [0.717, 1.165) is 30.6 Å². The second-order valence-corrected chi connectivity index (χ2v) is 5.51. The molecule has 0 aliphatic carbocycles. The first-order chi connectivity index (χ1) is 9.65. The molecule has 1 N–H and O–H groups in total. The minimum absolute atomic E-state index is 0.163. The lowest BCUT2D eigenvalue weighted by atomic mass is 10.0. The van der Waals surface area contributed by atoms with Crippen LogP contribution in [0.1, 0.15) is 30.4 Å². The van der Waals surface area contributed by atoms with Crippen molar-refractivity contribution < 1.29 is 9.52 Å². The highest BCUT2D eigenvalue weighted by Gasteiger charge is 2.15. The third kappa shape index (κ3) is 2.43. The fourth-order valence-corrected chi connectivity index (χ4v) is 2.90. The molecule has 2 aromatic rings. The van der Waals surface area contributed by atoms with Crippen LogP contribution < -0.4 is 5.63 Å². The second kappa shape index (κ2) is 5.29. The summed E-state index contributed by atoms with van der Waals surface area (Å²) < 4.78 is 5.27. The number of piperidine rings is 1. The summed E-state index contributed by atoms with van der Waals surface area (Å²) in [5, 5.41) is 10.7. The molecule has 0 saturated carbocycles. The van der Waals surface area contributed by atoms with Gasteiger partial charge in [-0.3, -0.25) is 4.90 Å². The number of aromatic hydroxyl groups is 1. The monoisotopic (exact) mass is 273 g/mol. The molecule has 2 heterocycles. The molecular formula is C16H19NO3. The van der Waals surface area contributed by atoms with Crippen LogP contribution in [0, 0.1) is 6.92 Å². The van der Waals surface area contributed by atoms with Gasteiger partial charge in [0, 0.05) is 23.6 Å². The van der Waals surface area contributed by atoms with Gasteiger partial charge in [-0.2, -0.15) is 0 Å². The van der Waals surface area contributed by atoms with Gasteiger partial charge >= 0.3 is 5.63 Å². The molecule has 4 heteroatoms. The lowest BCUT2D eigenvalue weighted by Gasteiger charge is -2.26. The number of phenols is 1. The van der Waals surface area contributed by atoms with Crippen molar-refractivity contribution in [3.8, 4) is 5.75 Å². The minimum Gasteiger partial charge on any atom is -0.508 e. The summed E-state index contributed by atoms with van der Waals surface area (Å²) in [5.41, 5.74) is 1.77. The van der Waals surface area contributed by atoms with Crippen molar-refractivity contribution in [3.05, 3.63) is 39.7 Å². The fourth-order valence-electron chi connectivity index (χ4n) is 2.90.